The van der Waals surface area contributed by atoms with Gasteiger partial charge in [0.1, 0.15) is 28.9 Å². The van der Waals surface area contributed by atoms with Crippen LogP contribution in [0.5, 0.6) is 40.2 Å². The van der Waals surface area contributed by atoms with E-state index >= 15 is 0 Å². The first-order chi connectivity index (χ1) is 27.6. The highest BCUT2D eigenvalue weighted by Crippen LogP contribution is 2.58. The molecule has 4 aromatic rings. The van der Waals surface area contributed by atoms with Crippen LogP contribution in [-0.2, 0) is 17.6 Å². The van der Waals surface area contributed by atoms with Crippen molar-refractivity contribution in [1.29, 1.82) is 5.26 Å². The number of nitriles is 1. The molecule has 302 valence electrons. The number of hydrogen-bond acceptors (Lipinski definition) is 13. The lowest BCUT2D eigenvalue weighted by Crippen LogP contribution is -2.68. The Balaban J connectivity index is 1.18. The Morgan fingerprint density at radius 1 is 0.895 bits per heavy atom. The molecule has 14 heteroatoms. The van der Waals surface area contributed by atoms with Gasteiger partial charge in [0.05, 0.1) is 53.2 Å². The minimum Gasteiger partial charge on any atom is -0.504 e. The van der Waals surface area contributed by atoms with Gasteiger partial charge in [0.15, 0.2) is 28.8 Å². The van der Waals surface area contributed by atoms with Crippen LogP contribution in [-0.4, -0.2) is 106 Å². The summed E-state index contributed by atoms with van der Waals surface area (Å²) in [4.78, 5) is 18.2. The molecule has 1 amide bonds. The first-order valence-corrected chi connectivity index (χ1v) is 19.4. The van der Waals surface area contributed by atoms with Crippen molar-refractivity contribution in [3.05, 3.63) is 63.4 Å². The highest BCUT2D eigenvalue weighted by atomic mass is 16.5. The maximum absolute atomic E-state index is 14.0. The monoisotopic (exact) mass is 782 g/mol. The number of nitrogens with one attached hydrogen (secondary N) is 1. The maximum atomic E-state index is 14.0. The summed E-state index contributed by atoms with van der Waals surface area (Å²) in [6.07, 6.45) is 2.68. The molecular formula is C43H50N4O10. The molecule has 2 saturated heterocycles. The summed E-state index contributed by atoms with van der Waals surface area (Å²) < 4.78 is 41.0. The first kappa shape index (κ1) is 38.5. The molecule has 0 aliphatic carbocycles. The molecule has 1 aromatic heterocycles. The number of rotatable bonds is 10. The smallest absolute Gasteiger partial charge is 0.287 e. The van der Waals surface area contributed by atoms with Crippen molar-refractivity contribution in [3.63, 3.8) is 0 Å². The van der Waals surface area contributed by atoms with Crippen LogP contribution in [0.25, 0.3) is 11.0 Å². The number of hydrogen-bond donors (Lipinski definition) is 3. The third kappa shape index (κ3) is 6.14. The number of furan rings is 1. The van der Waals surface area contributed by atoms with Crippen LogP contribution >= 0.6 is 0 Å². The van der Waals surface area contributed by atoms with E-state index in [9.17, 15) is 20.3 Å². The Kier molecular flexibility index (Phi) is 10.3. The zero-order valence-electron chi connectivity index (χ0n) is 33.4. The van der Waals surface area contributed by atoms with E-state index in [0.29, 0.717) is 76.2 Å². The summed E-state index contributed by atoms with van der Waals surface area (Å²) >= 11 is 0. The lowest BCUT2D eigenvalue weighted by molar-refractivity contribution is -0.0725. The molecule has 3 N–H and O–H groups in total. The molecule has 3 aromatic carbocycles. The van der Waals surface area contributed by atoms with Crippen LogP contribution in [0.2, 0.25) is 0 Å². The van der Waals surface area contributed by atoms with Crippen LogP contribution in [0.1, 0.15) is 68.9 Å². The standard InChI is InChI=1S/C43H50N4O10/c1-21-39(51-4)26-17-29-36-35-27(40(52-5)22(2)42(54-7)38(35)49)16-28(46(36)3)30(18-44)47(29)31(34(26)37(48)41(21)53-6)19-45-43(50)33-15-24-14-25(8-9-32(24)57-33)56-20-23-10-12-55-13-11-23/h8-9,14-15,23,28-31,36,48-49H,10-13,16-17,19-20H2,1-7H3,(H,45,50)/t28?,29?,30-,31?,36-/m0/s1. The lowest BCUT2D eigenvalue weighted by atomic mass is 9.71. The minimum atomic E-state index is -0.720. The molecule has 0 radical (unpaired) electrons. The van der Waals surface area contributed by atoms with Crippen LogP contribution in [0.3, 0.4) is 0 Å². The number of nitrogens with zero attached hydrogens (tertiary/aromatic N) is 3. The molecule has 8 rings (SSSR count). The largest absolute Gasteiger partial charge is 0.504 e. The molecule has 5 atom stereocenters. The van der Waals surface area contributed by atoms with E-state index in [4.69, 9.17) is 32.8 Å². The van der Waals surface area contributed by atoms with Gasteiger partial charge in [-0.05, 0) is 76.8 Å². The van der Waals surface area contributed by atoms with E-state index in [1.807, 2.05) is 33.0 Å². The van der Waals surface area contributed by atoms with E-state index in [1.165, 1.54) is 14.2 Å². The van der Waals surface area contributed by atoms with Crippen molar-refractivity contribution >= 4 is 16.9 Å². The van der Waals surface area contributed by atoms with Crippen LogP contribution in [0.15, 0.2) is 28.7 Å². The second kappa shape index (κ2) is 15.2. The van der Waals surface area contributed by atoms with Gasteiger partial charge in [-0.3, -0.25) is 14.6 Å². The fourth-order valence-corrected chi connectivity index (χ4v) is 10.0. The van der Waals surface area contributed by atoms with E-state index in [-0.39, 0.29) is 35.6 Å². The quantitative estimate of drug-likeness (QED) is 0.185. The Morgan fingerprint density at radius 2 is 1.51 bits per heavy atom. The summed E-state index contributed by atoms with van der Waals surface area (Å²) in [6, 6.07) is 7.17. The van der Waals surface area contributed by atoms with Crippen molar-refractivity contribution in [1.82, 2.24) is 15.1 Å². The van der Waals surface area contributed by atoms with Crippen LogP contribution in [0, 0.1) is 31.1 Å². The van der Waals surface area contributed by atoms with E-state index in [0.717, 1.165) is 42.6 Å². The molecule has 0 saturated carbocycles. The van der Waals surface area contributed by atoms with E-state index < -0.39 is 30.1 Å². The lowest BCUT2D eigenvalue weighted by Gasteiger charge is -2.60. The van der Waals surface area contributed by atoms with Gasteiger partial charge in [0, 0.05) is 70.6 Å². The van der Waals surface area contributed by atoms with Crippen molar-refractivity contribution in [3.8, 4) is 46.3 Å². The summed E-state index contributed by atoms with van der Waals surface area (Å²) in [7, 11) is 8.16. The number of methoxy groups -OCH3 is 4. The number of amides is 1. The average molecular weight is 783 g/mol. The molecule has 57 heavy (non-hydrogen) atoms. The summed E-state index contributed by atoms with van der Waals surface area (Å²) in [6.45, 7) is 5.76. The number of likely N-dealkylation sites (N-methyl/N-ethyl adjacent to an activating group) is 1. The molecule has 14 nitrogen and oxygen atoms in total. The number of carbonyl (C=O) groups is 1. The van der Waals surface area contributed by atoms with Gasteiger partial charge in [-0.1, -0.05) is 0 Å². The van der Waals surface area contributed by atoms with Crippen LogP contribution in [0.4, 0.5) is 0 Å². The Bertz CT molecular complexity index is 2260. The Labute approximate surface area is 331 Å². The second-order valence-corrected chi connectivity index (χ2v) is 15.4. The molecule has 4 aliphatic heterocycles. The van der Waals surface area contributed by atoms with Gasteiger partial charge >= 0.3 is 0 Å². The van der Waals surface area contributed by atoms with Gasteiger partial charge < -0.3 is 48.4 Å². The number of benzene rings is 3. The van der Waals surface area contributed by atoms with Gasteiger partial charge in [0.2, 0.25) is 0 Å². The van der Waals surface area contributed by atoms with Crippen molar-refractivity contribution < 1.29 is 47.8 Å². The highest BCUT2D eigenvalue weighted by Gasteiger charge is 2.57. The predicted octanol–water partition coefficient (Wildman–Crippen LogP) is 5.50. The van der Waals surface area contributed by atoms with Crippen LogP contribution < -0.4 is 29.0 Å². The van der Waals surface area contributed by atoms with Gasteiger partial charge in [-0.25, -0.2) is 0 Å². The number of phenolic OH excluding ortho intramolecular Hbond substituents is 2. The molecule has 5 heterocycles. The number of aromatic hydroxyl groups is 2. The zero-order valence-corrected chi connectivity index (χ0v) is 33.4. The normalized spacial score (nSPS) is 23.2. The Morgan fingerprint density at radius 3 is 2.14 bits per heavy atom. The highest BCUT2D eigenvalue weighted by molar-refractivity contribution is 5.96. The van der Waals surface area contributed by atoms with Gasteiger partial charge in [0.25, 0.3) is 5.91 Å². The number of phenols is 2. The average Bonchev–Trinajstić information content (AvgIpc) is 3.64. The van der Waals surface area contributed by atoms with E-state index in [1.54, 1.807) is 26.4 Å². The predicted molar refractivity (Wildman–Crippen MR) is 209 cm³/mol. The zero-order chi connectivity index (χ0) is 40.3. The minimum absolute atomic E-state index is 0.00247. The third-order valence-corrected chi connectivity index (χ3v) is 12.7. The molecule has 0 spiro atoms. The van der Waals surface area contributed by atoms with Gasteiger partial charge in [-0.2, -0.15) is 5.26 Å². The molecule has 4 aliphatic rings. The summed E-state index contributed by atoms with van der Waals surface area (Å²) in [5.41, 5.74) is 4.57. The SMILES string of the molecule is COc1c(C)c(OC)c2c(c1O)C(CNC(=O)c1cc3cc(OCC4CCOCC4)ccc3o1)N1C(C2)[C@H]2c3c(O)c(OC)c(C)c(OC)c3CC([C@@H]1C#N)N2C. The topological polar surface area (TPSA) is 168 Å². The molecule has 2 fully saturated rings. The molecular weight excluding hydrogens is 732 g/mol. The third-order valence-electron chi connectivity index (χ3n) is 12.7. The first-order valence-electron chi connectivity index (χ1n) is 19.4. The maximum Gasteiger partial charge on any atom is 0.287 e. The number of ether oxygens (including phenoxy) is 6. The number of carbonyl (C=O) groups excluding carboxylic acids is 1. The summed E-state index contributed by atoms with van der Waals surface area (Å²) in [5.74, 6) is 2.47. The summed E-state index contributed by atoms with van der Waals surface area (Å²) in [5, 5.41) is 38.7. The van der Waals surface area contributed by atoms with Gasteiger partial charge in [-0.15, -0.1) is 0 Å². The fraction of sp³-hybridized carbons (Fsp3) is 0.488. The fourth-order valence-electron chi connectivity index (χ4n) is 10.0. The van der Waals surface area contributed by atoms with Crippen molar-refractivity contribution in [2.24, 2.45) is 5.92 Å². The number of piperazine rings is 1. The second-order valence-electron chi connectivity index (χ2n) is 15.4. The van der Waals surface area contributed by atoms with E-state index in [2.05, 4.69) is 21.2 Å². The number of fused-ring (bicyclic) bond motifs is 8. The molecule has 2 bridgehead atoms. The Hall–Kier alpha value is -5.36. The van der Waals surface area contributed by atoms with Crippen molar-refractivity contribution in [2.75, 3.05) is 61.9 Å². The van der Waals surface area contributed by atoms with Crippen molar-refractivity contribution in [2.45, 2.75) is 69.7 Å². The molecule has 3 unspecified atom stereocenters.